The van der Waals surface area contributed by atoms with Crippen molar-refractivity contribution >= 4 is 45.1 Å². The molecule has 0 bridgehead atoms. The molecule has 0 aliphatic carbocycles. The van der Waals surface area contributed by atoms with Crippen LogP contribution in [0.15, 0.2) is 34.8 Å². The minimum atomic E-state index is -1.15. The van der Waals surface area contributed by atoms with Gasteiger partial charge in [0.1, 0.15) is 16.5 Å². The van der Waals surface area contributed by atoms with Crippen LogP contribution in [0.25, 0.3) is 0 Å². The van der Waals surface area contributed by atoms with Crippen molar-refractivity contribution in [2.24, 2.45) is 0 Å². The lowest BCUT2D eigenvalue weighted by molar-refractivity contribution is 0.0693. The van der Waals surface area contributed by atoms with Crippen molar-refractivity contribution in [2.75, 3.05) is 0 Å². The Morgan fingerprint density at radius 3 is 2.63 bits per heavy atom. The van der Waals surface area contributed by atoms with Crippen LogP contribution < -0.4 is 4.74 Å². The second kappa shape index (κ2) is 5.77. The lowest BCUT2D eigenvalue weighted by Crippen LogP contribution is -2.02. The van der Waals surface area contributed by atoms with Crippen molar-refractivity contribution < 1.29 is 14.6 Å². The monoisotopic (exact) mass is 361 g/mol. The molecular weight excluding hydrogens is 357 g/mol. The van der Waals surface area contributed by atoms with E-state index >= 15 is 0 Å². The average Bonchev–Trinajstić information content (AvgIpc) is 2.32. The largest absolute Gasteiger partial charge is 0.477 e. The standard InChI is InChI=1S/C12H6BrCl2NO3/c13-8-5-6(14)1-3-9(8)19-11-7(12(17)18)2-4-10(15)16-11/h1-5H,(H,17,18). The maximum absolute atomic E-state index is 11.1. The van der Waals surface area contributed by atoms with Crippen LogP contribution in [-0.2, 0) is 0 Å². The molecule has 1 N–H and O–H groups in total. The minimum Gasteiger partial charge on any atom is -0.477 e. The SMILES string of the molecule is O=C(O)c1ccc(Cl)nc1Oc1ccc(Cl)cc1Br. The summed E-state index contributed by atoms with van der Waals surface area (Å²) >= 11 is 14.8. The van der Waals surface area contributed by atoms with Crippen LogP contribution in [0.2, 0.25) is 10.2 Å². The van der Waals surface area contributed by atoms with Crippen molar-refractivity contribution in [3.63, 3.8) is 0 Å². The summed E-state index contributed by atoms with van der Waals surface area (Å²) in [5, 5.41) is 9.72. The number of benzene rings is 1. The first-order valence-corrected chi connectivity index (χ1v) is 6.55. The topological polar surface area (TPSA) is 59.4 Å². The van der Waals surface area contributed by atoms with Gasteiger partial charge in [0, 0.05) is 5.02 Å². The van der Waals surface area contributed by atoms with Gasteiger partial charge >= 0.3 is 5.97 Å². The van der Waals surface area contributed by atoms with E-state index in [9.17, 15) is 4.79 Å². The van der Waals surface area contributed by atoms with E-state index in [4.69, 9.17) is 33.0 Å². The zero-order valence-corrected chi connectivity index (χ0v) is 12.3. The molecule has 0 fully saturated rings. The maximum atomic E-state index is 11.1. The average molecular weight is 363 g/mol. The zero-order valence-electron chi connectivity index (χ0n) is 9.23. The first kappa shape index (κ1) is 14.1. The molecule has 4 nitrogen and oxygen atoms in total. The van der Waals surface area contributed by atoms with Gasteiger partial charge in [0.15, 0.2) is 0 Å². The van der Waals surface area contributed by atoms with Gasteiger partial charge in [-0.2, -0.15) is 0 Å². The van der Waals surface area contributed by atoms with Crippen LogP contribution in [0.4, 0.5) is 0 Å². The smallest absolute Gasteiger partial charge is 0.341 e. The summed E-state index contributed by atoms with van der Waals surface area (Å²) in [6, 6.07) is 7.56. The number of hydrogen-bond acceptors (Lipinski definition) is 3. The molecule has 0 radical (unpaired) electrons. The van der Waals surface area contributed by atoms with Gasteiger partial charge in [0.2, 0.25) is 5.88 Å². The van der Waals surface area contributed by atoms with E-state index in [0.29, 0.717) is 15.2 Å². The Hall–Kier alpha value is -1.30. The molecule has 2 aromatic rings. The number of carboxylic acid groups (broad SMARTS) is 1. The lowest BCUT2D eigenvalue weighted by Gasteiger charge is -2.09. The molecule has 0 aliphatic heterocycles. The Morgan fingerprint density at radius 2 is 2.00 bits per heavy atom. The first-order chi connectivity index (χ1) is 8.97. The molecule has 1 heterocycles. The molecule has 2 rings (SSSR count). The first-order valence-electron chi connectivity index (χ1n) is 5.00. The van der Waals surface area contributed by atoms with E-state index in [1.54, 1.807) is 18.2 Å². The second-order valence-electron chi connectivity index (χ2n) is 3.47. The van der Waals surface area contributed by atoms with Crippen molar-refractivity contribution in [2.45, 2.75) is 0 Å². The van der Waals surface area contributed by atoms with Crippen LogP contribution >= 0.6 is 39.1 Å². The van der Waals surface area contributed by atoms with Gasteiger partial charge in [-0.25, -0.2) is 9.78 Å². The van der Waals surface area contributed by atoms with E-state index in [2.05, 4.69) is 20.9 Å². The zero-order chi connectivity index (χ0) is 14.0. The third kappa shape index (κ3) is 3.37. The third-order valence-corrected chi connectivity index (χ3v) is 3.22. The summed E-state index contributed by atoms with van der Waals surface area (Å²) in [5.74, 6) is -0.839. The van der Waals surface area contributed by atoms with Gasteiger partial charge in [-0.1, -0.05) is 23.2 Å². The Kier molecular flexibility index (Phi) is 4.29. The Bertz CT molecular complexity index is 649. The van der Waals surface area contributed by atoms with Crippen LogP contribution in [-0.4, -0.2) is 16.1 Å². The molecule has 0 amide bonds. The molecule has 1 aromatic heterocycles. The van der Waals surface area contributed by atoms with Gasteiger partial charge < -0.3 is 9.84 Å². The highest BCUT2D eigenvalue weighted by Gasteiger charge is 2.15. The number of aromatic carboxylic acids is 1. The highest BCUT2D eigenvalue weighted by Crippen LogP contribution is 2.33. The molecular formula is C12H6BrCl2NO3. The molecule has 0 atom stereocenters. The van der Waals surface area contributed by atoms with Crippen molar-refractivity contribution in [1.29, 1.82) is 0 Å². The normalized spacial score (nSPS) is 10.3. The summed E-state index contributed by atoms with van der Waals surface area (Å²) < 4.78 is 6.04. The van der Waals surface area contributed by atoms with Crippen LogP contribution in [0, 0.1) is 0 Å². The summed E-state index contributed by atoms with van der Waals surface area (Å²) in [7, 11) is 0. The predicted octanol–water partition coefficient (Wildman–Crippen LogP) is 4.64. The van der Waals surface area contributed by atoms with E-state index in [0.717, 1.165) is 0 Å². The fraction of sp³-hybridized carbons (Fsp3) is 0. The van der Waals surface area contributed by atoms with E-state index in [1.165, 1.54) is 12.1 Å². The minimum absolute atomic E-state index is 0.0775. The fourth-order valence-electron chi connectivity index (χ4n) is 1.32. The van der Waals surface area contributed by atoms with E-state index in [1.807, 2.05) is 0 Å². The lowest BCUT2D eigenvalue weighted by atomic mass is 10.3. The van der Waals surface area contributed by atoms with Crippen molar-refractivity contribution in [1.82, 2.24) is 4.98 Å². The number of carbonyl (C=O) groups is 1. The molecule has 1 aromatic carbocycles. The summed E-state index contributed by atoms with van der Waals surface area (Å²) in [6.07, 6.45) is 0. The number of aromatic nitrogens is 1. The number of carboxylic acids is 1. The number of halogens is 3. The second-order valence-corrected chi connectivity index (χ2v) is 5.15. The van der Waals surface area contributed by atoms with Crippen LogP contribution in [0.3, 0.4) is 0 Å². The molecule has 0 saturated heterocycles. The summed E-state index contributed by atoms with van der Waals surface area (Å²) in [6.45, 7) is 0. The van der Waals surface area contributed by atoms with Crippen LogP contribution in [0.5, 0.6) is 11.6 Å². The van der Waals surface area contributed by atoms with Gasteiger partial charge in [-0.05, 0) is 46.3 Å². The predicted molar refractivity (Wildman–Crippen MR) is 75.4 cm³/mol. The molecule has 19 heavy (non-hydrogen) atoms. The Morgan fingerprint density at radius 1 is 1.26 bits per heavy atom. The number of ether oxygens (including phenoxy) is 1. The third-order valence-electron chi connectivity index (χ3n) is 2.16. The Balaban J connectivity index is 2.42. The van der Waals surface area contributed by atoms with E-state index in [-0.39, 0.29) is 16.6 Å². The van der Waals surface area contributed by atoms with Gasteiger partial charge in [0.25, 0.3) is 0 Å². The van der Waals surface area contributed by atoms with Crippen molar-refractivity contribution in [3.8, 4) is 11.6 Å². The highest BCUT2D eigenvalue weighted by molar-refractivity contribution is 9.10. The van der Waals surface area contributed by atoms with Crippen molar-refractivity contribution in [3.05, 3.63) is 50.5 Å². The van der Waals surface area contributed by atoms with Gasteiger partial charge in [-0.15, -0.1) is 0 Å². The molecule has 0 unspecified atom stereocenters. The molecule has 0 saturated carbocycles. The Labute approximate surface area is 127 Å². The fourth-order valence-corrected chi connectivity index (χ4v) is 2.22. The summed E-state index contributed by atoms with van der Waals surface area (Å²) in [4.78, 5) is 14.9. The molecule has 98 valence electrons. The number of pyridine rings is 1. The van der Waals surface area contributed by atoms with Crippen LogP contribution in [0.1, 0.15) is 10.4 Å². The molecule has 0 aliphatic rings. The van der Waals surface area contributed by atoms with Gasteiger partial charge in [0.05, 0.1) is 4.47 Å². The quantitative estimate of drug-likeness (QED) is 0.808. The highest BCUT2D eigenvalue weighted by atomic mass is 79.9. The van der Waals surface area contributed by atoms with Gasteiger partial charge in [-0.3, -0.25) is 0 Å². The summed E-state index contributed by atoms with van der Waals surface area (Å²) in [5.41, 5.74) is -0.0775. The molecule has 7 heteroatoms. The maximum Gasteiger partial charge on any atom is 0.341 e. The number of hydrogen-bond donors (Lipinski definition) is 1. The number of nitrogens with zero attached hydrogens (tertiary/aromatic N) is 1. The number of rotatable bonds is 3. The molecule has 0 spiro atoms. The van der Waals surface area contributed by atoms with E-state index < -0.39 is 5.97 Å².